The van der Waals surface area contributed by atoms with Gasteiger partial charge in [0.1, 0.15) is 6.10 Å². The number of hydrogen-bond acceptors (Lipinski definition) is 8. The number of carbonyl (C=O) groups is 3. The lowest BCUT2D eigenvalue weighted by atomic mass is 9.76. The molecule has 0 radical (unpaired) electrons. The number of nitrogens with zero attached hydrogens (tertiary/aromatic N) is 4. The molecule has 1 amide bonds. The largest absolute Gasteiger partial charge is 0.483 e. The molecule has 3 aliphatic heterocycles. The molecule has 0 saturated carbocycles. The first-order valence-corrected chi connectivity index (χ1v) is 11.7. The maximum atomic E-state index is 12.6. The number of amides is 1. The summed E-state index contributed by atoms with van der Waals surface area (Å²) in [7, 11) is 0. The van der Waals surface area contributed by atoms with Crippen molar-refractivity contribution < 1.29 is 24.2 Å². The average Bonchev–Trinajstić information content (AvgIpc) is 3.36. The molecule has 0 aromatic carbocycles. The number of cyclic esters (lactones) is 1. The molecule has 1 spiro atoms. The highest BCUT2D eigenvalue weighted by Crippen LogP contribution is 2.43. The van der Waals surface area contributed by atoms with Crippen LogP contribution >= 0.6 is 11.8 Å². The lowest BCUT2D eigenvalue weighted by molar-refractivity contribution is -0.152. The summed E-state index contributed by atoms with van der Waals surface area (Å²) in [5, 5.41) is 7.52. The zero-order chi connectivity index (χ0) is 22.3. The summed E-state index contributed by atoms with van der Waals surface area (Å²) < 4.78 is 5.72. The molecule has 0 bridgehead atoms. The molecule has 0 aliphatic carbocycles. The number of esters is 1. The van der Waals surface area contributed by atoms with Crippen molar-refractivity contribution >= 4 is 30.1 Å². The van der Waals surface area contributed by atoms with Crippen LogP contribution in [0.25, 0.3) is 0 Å². The normalized spacial score (nSPS) is 22.7. The Labute approximate surface area is 186 Å². The quantitative estimate of drug-likeness (QED) is 0.309. The van der Waals surface area contributed by atoms with Crippen LogP contribution < -0.4 is 0 Å². The fraction of sp³-hybridized carbons (Fsp3) is 0.667. The Bertz CT molecular complexity index is 779. The molecule has 31 heavy (non-hydrogen) atoms. The number of carbonyl (C=O) groups excluding carboxylic acids is 2. The molecular formula is C21H30N4O5S. The van der Waals surface area contributed by atoms with Gasteiger partial charge in [-0.15, -0.1) is 0 Å². The van der Waals surface area contributed by atoms with Gasteiger partial charge in [0.2, 0.25) is 5.91 Å². The summed E-state index contributed by atoms with van der Waals surface area (Å²) in [4.78, 5) is 46.3. The van der Waals surface area contributed by atoms with E-state index >= 15 is 0 Å². The van der Waals surface area contributed by atoms with Crippen LogP contribution in [0.4, 0.5) is 0 Å². The molecular weight excluding hydrogens is 420 g/mol. The molecule has 1 N–H and O–H groups in total. The van der Waals surface area contributed by atoms with Crippen molar-refractivity contribution in [2.45, 2.75) is 50.3 Å². The molecule has 1 atom stereocenters. The fourth-order valence-corrected chi connectivity index (χ4v) is 5.28. The summed E-state index contributed by atoms with van der Waals surface area (Å²) in [5.74, 6) is 0.370. The number of likely N-dealkylation sites (tertiary alicyclic amines) is 2. The van der Waals surface area contributed by atoms with E-state index in [1.165, 1.54) is 24.6 Å². The summed E-state index contributed by atoms with van der Waals surface area (Å²) in [6, 6.07) is 1.84. The molecule has 10 heteroatoms. The van der Waals surface area contributed by atoms with Crippen molar-refractivity contribution in [1.29, 1.82) is 0 Å². The lowest BCUT2D eigenvalue weighted by Crippen LogP contribution is -2.45. The van der Waals surface area contributed by atoms with Crippen LogP contribution in [-0.2, 0) is 19.1 Å². The van der Waals surface area contributed by atoms with E-state index in [1.807, 2.05) is 17.9 Å². The first kappa shape index (κ1) is 23.5. The van der Waals surface area contributed by atoms with E-state index in [-0.39, 0.29) is 29.9 Å². The van der Waals surface area contributed by atoms with E-state index in [9.17, 15) is 9.59 Å². The predicted molar refractivity (Wildman–Crippen MR) is 115 cm³/mol. The third-order valence-corrected chi connectivity index (χ3v) is 7.00. The minimum absolute atomic E-state index is 0.0156. The number of aryl methyl sites for hydroxylation is 1. The van der Waals surface area contributed by atoms with E-state index in [0.717, 1.165) is 31.7 Å². The Balaban J connectivity index is 0.000000858. The van der Waals surface area contributed by atoms with Crippen LogP contribution in [0.1, 0.15) is 37.8 Å². The van der Waals surface area contributed by atoms with Gasteiger partial charge in [0, 0.05) is 37.9 Å². The van der Waals surface area contributed by atoms with Crippen molar-refractivity contribution in [3.63, 3.8) is 0 Å². The fourth-order valence-electron chi connectivity index (χ4n) is 4.50. The van der Waals surface area contributed by atoms with Crippen LogP contribution in [0.15, 0.2) is 17.4 Å². The van der Waals surface area contributed by atoms with E-state index in [0.29, 0.717) is 36.8 Å². The summed E-state index contributed by atoms with van der Waals surface area (Å²) in [6.07, 6.45) is 6.43. The van der Waals surface area contributed by atoms with Gasteiger partial charge in [-0.25, -0.2) is 9.97 Å². The van der Waals surface area contributed by atoms with Crippen LogP contribution in [0, 0.1) is 12.3 Å². The smallest absolute Gasteiger partial charge is 0.312 e. The molecule has 3 saturated heterocycles. The predicted octanol–water partition coefficient (Wildman–Crippen LogP) is 1.60. The van der Waals surface area contributed by atoms with Gasteiger partial charge in [-0.2, -0.15) is 0 Å². The SMILES string of the molecule is Cc1ccnc(SCC(=O)N2CCC3(CC2)CC(CN2CCCC2)OC3=O)n1.O=CO. The molecule has 1 aromatic heterocycles. The van der Waals surface area contributed by atoms with Gasteiger partial charge in [0.15, 0.2) is 5.16 Å². The van der Waals surface area contributed by atoms with Gasteiger partial charge in [-0.3, -0.25) is 19.3 Å². The number of rotatable bonds is 5. The van der Waals surface area contributed by atoms with E-state index in [1.54, 1.807) is 6.20 Å². The Hall–Kier alpha value is -2.20. The third kappa shape index (κ3) is 6.16. The van der Waals surface area contributed by atoms with Gasteiger partial charge < -0.3 is 14.7 Å². The van der Waals surface area contributed by atoms with Gasteiger partial charge in [-0.1, -0.05) is 11.8 Å². The second kappa shape index (κ2) is 10.9. The number of thioether (sulfide) groups is 1. The van der Waals surface area contributed by atoms with Gasteiger partial charge in [0.25, 0.3) is 6.47 Å². The van der Waals surface area contributed by atoms with Crippen LogP contribution in [0.3, 0.4) is 0 Å². The first-order valence-electron chi connectivity index (χ1n) is 10.7. The zero-order valence-electron chi connectivity index (χ0n) is 17.9. The van der Waals surface area contributed by atoms with Crippen molar-refractivity contribution in [3.8, 4) is 0 Å². The van der Waals surface area contributed by atoms with Crippen molar-refractivity contribution in [2.75, 3.05) is 38.5 Å². The first-order chi connectivity index (χ1) is 15.0. The van der Waals surface area contributed by atoms with Gasteiger partial charge >= 0.3 is 5.97 Å². The van der Waals surface area contributed by atoms with Crippen LogP contribution in [0.2, 0.25) is 0 Å². The van der Waals surface area contributed by atoms with Gasteiger partial charge in [-0.05, 0) is 51.8 Å². The molecule has 4 rings (SSSR count). The average molecular weight is 451 g/mol. The number of carboxylic acid groups (broad SMARTS) is 1. The third-order valence-electron chi connectivity index (χ3n) is 6.16. The monoisotopic (exact) mass is 450 g/mol. The Morgan fingerprint density at radius 3 is 2.65 bits per heavy atom. The summed E-state index contributed by atoms with van der Waals surface area (Å²) in [6.45, 7) is 6.01. The zero-order valence-corrected chi connectivity index (χ0v) is 18.7. The molecule has 9 nitrogen and oxygen atoms in total. The molecule has 1 unspecified atom stereocenters. The highest BCUT2D eigenvalue weighted by molar-refractivity contribution is 7.99. The Kier molecular flexibility index (Phi) is 8.25. The standard InChI is InChI=1S/C20H28N4O3S.CH2O2/c1-15-4-7-21-19(22-15)28-14-17(25)24-10-5-20(6-11-24)12-16(27-18(20)26)13-23-8-2-3-9-23;2-1-3/h4,7,16H,2-3,5-6,8-14H2,1H3;1H,(H,2,3). The maximum absolute atomic E-state index is 12.6. The second-order valence-corrected chi connectivity index (χ2v) is 9.22. The van der Waals surface area contributed by atoms with E-state index in [2.05, 4.69) is 14.9 Å². The molecule has 3 fully saturated rings. The van der Waals surface area contributed by atoms with Crippen LogP contribution in [-0.4, -0.2) is 87.8 Å². The van der Waals surface area contributed by atoms with E-state index in [4.69, 9.17) is 14.6 Å². The van der Waals surface area contributed by atoms with Crippen molar-refractivity contribution in [3.05, 3.63) is 18.0 Å². The van der Waals surface area contributed by atoms with E-state index < -0.39 is 0 Å². The number of piperidine rings is 1. The topological polar surface area (TPSA) is 113 Å². The molecule has 170 valence electrons. The van der Waals surface area contributed by atoms with Crippen LogP contribution in [0.5, 0.6) is 0 Å². The Morgan fingerprint density at radius 1 is 1.32 bits per heavy atom. The highest BCUT2D eigenvalue weighted by Gasteiger charge is 2.51. The number of aromatic nitrogens is 2. The van der Waals surface area contributed by atoms with Gasteiger partial charge in [0.05, 0.1) is 11.2 Å². The van der Waals surface area contributed by atoms with Crippen molar-refractivity contribution in [2.24, 2.45) is 5.41 Å². The number of ether oxygens (including phenoxy) is 1. The number of hydrogen-bond donors (Lipinski definition) is 1. The maximum Gasteiger partial charge on any atom is 0.312 e. The summed E-state index contributed by atoms with van der Waals surface area (Å²) >= 11 is 1.37. The minimum atomic E-state index is -0.381. The highest BCUT2D eigenvalue weighted by atomic mass is 32.2. The molecule has 3 aliphatic rings. The minimum Gasteiger partial charge on any atom is -0.483 e. The van der Waals surface area contributed by atoms with Crippen molar-refractivity contribution in [1.82, 2.24) is 19.8 Å². The molecule has 4 heterocycles. The second-order valence-electron chi connectivity index (χ2n) is 8.27. The molecule has 1 aromatic rings. The Morgan fingerprint density at radius 2 is 2.00 bits per heavy atom. The lowest BCUT2D eigenvalue weighted by Gasteiger charge is -2.36. The summed E-state index contributed by atoms with van der Waals surface area (Å²) in [5.41, 5.74) is 0.515.